The Kier molecular flexibility index (Phi) is 4.33. The SMILES string of the molecule is COc1cccc(-c2n[nH]c(-c3ccc(-n4cnc(C)c4)c(OC)c3)n2)c1. The zero-order valence-electron chi connectivity index (χ0n) is 15.3. The summed E-state index contributed by atoms with van der Waals surface area (Å²) in [4.78, 5) is 8.88. The van der Waals surface area contributed by atoms with Crippen molar-refractivity contribution in [2.75, 3.05) is 14.2 Å². The van der Waals surface area contributed by atoms with Gasteiger partial charge in [-0.3, -0.25) is 5.10 Å². The number of imidazole rings is 1. The molecule has 0 atom stereocenters. The van der Waals surface area contributed by atoms with Crippen LogP contribution in [0.5, 0.6) is 11.5 Å². The van der Waals surface area contributed by atoms with Crippen LogP contribution in [0.1, 0.15) is 5.69 Å². The molecular formula is C20H19N5O2. The molecule has 0 aliphatic heterocycles. The van der Waals surface area contributed by atoms with Gasteiger partial charge in [-0.15, -0.1) is 0 Å². The minimum Gasteiger partial charge on any atom is -0.497 e. The Morgan fingerprint density at radius 1 is 1.00 bits per heavy atom. The number of H-pyrrole nitrogens is 1. The predicted molar refractivity (Wildman–Crippen MR) is 102 cm³/mol. The molecule has 0 saturated heterocycles. The second-order valence-electron chi connectivity index (χ2n) is 6.05. The van der Waals surface area contributed by atoms with Gasteiger partial charge in [0, 0.05) is 17.3 Å². The lowest BCUT2D eigenvalue weighted by atomic mass is 10.1. The molecule has 2 aromatic carbocycles. The molecule has 0 radical (unpaired) electrons. The number of aromatic nitrogens is 5. The van der Waals surface area contributed by atoms with E-state index in [1.54, 1.807) is 20.5 Å². The van der Waals surface area contributed by atoms with Crippen LogP contribution in [-0.2, 0) is 0 Å². The number of nitrogens with zero attached hydrogens (tertiary/aromatic N) is 4. The maximum Gasteiger partial charge on any atom is 0.181 e. The van der Waals surface area contributed by atoms with Gasteiger partial charge >= 0.3 is 0 Å². The van der Waals surface area contributed by atoms with E-state index in [1.165, 1.54) is 0 Å². The molecule has 0 amide bonds. The monoisotopic (exact) mass is 361 g/mol. The molecule has 0 unspecified atom stereocenters. The zero-order chi connectivity index (χ0) is 18.8. The Labute approximate surface area is 156 Å². The predicted octanol–water partition coefficient (Wildman–Crippen LogP) is 3.65. The normalized spacial score (nSPS) is 10.8. The van der Waals surface area contributed by atoms with Gasteiger partial charge in [0.2, 0.25) is 0 Å². The molecule has 0 saturated carbocycles. The first kappa shape index (κ1) is 16.8. The fourth-order valence-electron chi connectivity index (χ4n) is 2.87. The number of methoxy groups -OCH3 is 2. The van der Waals surface area contributed by atoms with E-state index in [1.807, 2.05) is 60.2 Å². The fraction of sp³-hybridized carbons (Fsp3) is 0.150. The van der Waals surface area contributed by atoms with E-state index in [0.29, 0.717) is 11.6 Å². The molecule has 7 nitrogen and oxygen atoms in total. The van der Waals surface area contributed by atoms with Crippen LogP contribution in [0.4, 0.5) is 0 Å². The van der Waals surface area contributed by atoms with Crippen LogP contribution in [-0.4, -0.2) is 39.0 Å². The topological polar surface area (TPSA) is 77.8 Å². The molecule has 27 heavy (non-hydrogen) atoms. The van der Waals surface area contributed by atoms with Gasteiger partial charge < -0.3 is 14.0 Å². The summed E-state index contributed by atoms with van der Waals surface area (Å²) < 4.78 is 12.8. The number of ether oxygens (including phenoxy) is 2. The van der Waals surface area contributed by atoms with Crippen molar-refractivity contribution in [2.24, 2.45) is 0 Å². The molecule has 0 aliphatic rings. The average Bonchev–Trinajstić information content (AvgIpc) is 3.37. The highest BCUT2D eigenvalue weighted by molar-refractivity contribution is 5.66. The Balaban J connectivity index is 1.69. The third kappa shape index (κ3) is 3.27. The minimum atomic E-state index is 0.608. The second-order valence-corrected chi connectivity index (χ2v) is 6.05. The maximum absolute atomic E-state index is 5.57. The quantitative estimate of drug-likeness (QED) is 0.587. The molecule has 0 fully saturated rings. The number of benzene rings is 2. The summed E-state index contributed by atoms with van der Waals surface area (Å²) in [5, 5.41) is 7.33. The smallest absolute Gasteiger partial charge is 0.181 e. The Bertz CT molecular complexity index is 1080. The number of aryl methyl sites for hydroxylation is 1. The summed E-state index contributed by atoms with van der Waals surface area (Å²) in [6.07, 6.45) is 3.72. The molecule has 0 aliphatic carbocycles. The Hall–Kier alpha value is -3.61. The lowest BCUT2D eigenvalue weighted by Gasteiger charge is -2.10. The van der Waals surface area contributed by atoms with Crippen LogP contribution >= 0.6 is 0 Å². The first-order valence-corrected chi connectivity index (χ1v) is 8.44. The summed E-state index contributed by atoms with van der Waals surface area (Å²) in [5.74, 6) is 2.77. The summed E-state index contributed by atoms with van der Waals surface area (Å²) in [7, 11) is 3.28. The van der Waals surface area contributed by atoms with Crippen molar-refractivity contribution in [3.05, 3.63) is 60.7 Å². The van der Waals surface area contributed by atoms with E-state index in [2.05, 4.69) is 20.2 Å². The van der Waals surface area contributed by atoms with Crippen molar-refractivity contribution in [1.29, 1.82) is 0 Å². The van der Waals surface area contributed by atoms with Crippen molar-refractivity contribution in [3.8, 4) is 40.0 Å². The summed E-state index contributed by atoms with van der Waals surface area (Å²) in [6, 6.07) is 13.5. The largest absolute Gasteiger partial charge is 0.497 e. The van der Waals surface area contributed by atoms with Gasteiger partial charge in [-0.25, -0.2) is 9.97 Å². The van der Waals surface area contributed by atoms with E-state index < -0.39 is 0 Å². The van der Waals surface area contributed by atoms with Crippen molar-refractivity contribution in [3.63, 3.8) is 0 Å². The third-order valence-electron chi connectivity index (χ3n) is 4.26. The summed E-state index contributed by atoms with van der Waals surface area (Å²) in [6.45, 7) is 1.95. The molecule has 7 heteroatoms. The van der Waals surface area contributed by atoms with Crippen LogP contribution < -0.4 is 9.47 Å². The van der Waals surface area contributed by atoms with Crippen LogP contribution in [0.2, 0.25) is 0 Å². The van der Waals surface area contributed by atoms with Crippen LogP contribution in [0.15, 0.2) is 55.0 Å². The van der Waals surface area contributed by atoms with Crippen molar-refractivity contribution in [2.45, 2.75) is 6.92 Å². The zero-order valence-corrected chi connectivity index (χ0v) is 15.3. The number of aromatic amines is 1. The lowest BCUT2D eigenvalue weighted by molar-refractivity contribution is 0.413. The number of rotatable bonds is 5. The summed E-state index contributed by atoms with van der Waals surface area (Å²) in [5.41, 5.74) is 3.62. The molecule has 0 bridgehead atoms. The van der Waals surface area contributed by atoms with Gasteiger partial charge in [0.15, 0.2) is 11.6 Å². The van der Waals surface area contributed by atoms with E-state index in [0.717, 1.165) is 34.0 Å². The van der Waals surface area contributed by atoms with E-state index in [9.17, 15) is 0 Å². The molecule has 2 heterocycles. The third-order valence-corrected chi connectivity index (χ3v) is 4.26. The van der Waals surface area contributed by atoms with Crippen molar-refractivity contribution < 1.29 is 9.47 Å². The lowest BCUT2D eigenvalue weighted by Crippen LogP contribution is -1.96. The Morgan fingerprint density at radius 2 is 1.89 bits per heavy atom. The molecule has 4 aromatic rings. The molecule has 4 rings (SSSR count). The second kappa shape index (κ2) is 6.95. The van der Waals surface area contributed by atoms with Crippen LogP contribution in [0.3, 0.4) is 0 Å². The number of nitrogens with one attached hydrogen (secondary N) is 1. The Morgan fingerprint density at radius 3 is 2.63 bits per heavy atom. The average molecular weight is 361 g/mol. The van der Waals surface area contributed by atoms with Crippen LogP contribution in [0, 0.1) is 6.92 Å². The molecule has 1 N–H and O–H groups in total. The first-order valence-electron chi connectivity index (χ1n) is 8.44. The van der Waals surface area contributed by atoms with Crippen LogP contribution in [0.25, 0.3) is 28.5 Å². The van der Waals surface area contributed by atoms with Gasteiger partial charge in [-0.1, -0.05) is 12.1 Å². The highest BCUT2D eigenvalue weighted by Crippen LogP contribution is 2.29. The van der Waals surface area contributed by atoms with Gasteiger partial charge in [-0.2, -0.15) is 5.10 Å². The summed E-state index contributed by atoms with van der Waals surface area (Å²) >= 11 is 0. The maximum atomic E-state index is 5.57. The van der Waals surface area contributed by atoms with Gasteiger partial charge in [0.05, 0.1) is 31.9 Å². The van der Waals surface area contributed by atoms with Crippen molar-refractivity contribution >= 4 is 0 Å². The number of hydrogen-bond donors (Lipinski definition) is 1. The van der Waals surface area contributed by atoms with Gasteiger partial charge in [0.25, 0.3) is 0 Å². The molecule has 136 valence electrons. The standard InChI is InChI=1S/C20H19N5O2/c1-13-11-25(12-21-13)17-8-7-15(10-18(17)27-3)20-22-19(23-24-20)14-5-4-6-16(9-14)26-2/h4-12H,1-3H3,(H,22,23,24). The van der Waals surface area contributed by atoms with E-state index >= 15 is 0 Å². The van der Waals surface area contributed by atoms with Gasteiger partial charge in [0.1, 0.15) is 11.5 Å². The molecule has 2 aromatic heterocycles. The van der Waals surface area contributed by atoms with E-state index in [-0.39, 0.29) is 0 Å². The van der Waals surface area contributed by atoms with E-state index in [4.69, 9.17) is 9.47 Å². The highest BCUT2D eigenvalue weighted by atomic mass is 16.5. The first-order chi connectivity index (χ1) is 13.2. The van der Waals surface area contributed by atoms with Crippen molar-refractivity contribution in [1.82, 2.24) is 24.7 Å². The van der Waals surface area contributed by atoms with Gasteiger partial charge in [-0.05, 0) is 37.3 Å². The highest BCUT2D eigenvalue weighted by Gasteiger charge is 2.12. The molecule has 0 spiro atoms. The molecular weight excluding hydrogens is 342 g/mol. The fourth-order valence-corrected chi connectivity index (χ4v) is 2.87. The number of hydrogen-bond acceptors (Lipinski definition) is 5. The minimum absolute atomic E-state index is 0.608.